The van der Waals surface area contributed by atoms with E-state index in [1.807, 2.05) is 10.6 Å². The Hall–Kier alpha value is -1.49. The van der Waals surface area contributed by atoms with Gasteiger partial charge >= 0.3 is 0 Å². The van der Waals surface area contributed by atoms with E-state index < -0.39 is 0 Å². The molecule has 0 aromatic rings. The normalized spacial score (nSPS) is 12.9. The van der Waals surface area contributed by atoms with Crippen molar-refractivity contribution in [3.05, 3.63) is 18.5 Å². The Bertz CT molecular complexity index is 435. The van der Waals surface area contributed by atoms with E-state index in [-0.39, 0.29) is 12.4 Å². The van der Waals surface area contributed by atoms with E-state index in [0.29, 0.717) is 6.67 Å². The van der Waals surface area contributed by atoms with Crippen LogP contribution in [0.4, 0.5) is 5.82 Å². The molecule has 0 unspecified atom stereocenters. The first-order valence-corrected chi connectivity index (χ1v) is 3.63. The van der Waals surface area contributed by atoms with Crippen LogP contribution in [0.15, 0.2) is 28.7 Å². The molecule has 0 radical (unpaired) electrons. The number of aromatic nitrogens is 3. The Labute approximate surface area is 80.3 Å². The van der Waals surface area contributed by atoms with Gasteiger partial charge in [0.1, 0.15) is 6.67 Å². The fraction of sp³-hybridized carbons (Fsp3) is 0.143. The number of nitrogens with zero attached hydrogens (tertiary/aromatic N) is 5. The minimum absolute atomic E-state index is 0. The molecule has 0 aromatic heterocycles. The van der Waals surface area contributed by atoms with E-state index >= 15 is 0 Å². The number of halogens is 1. The number of hydrogen-bond acceptors (Lipinski definition) is 4. The Morgan fingerprint density at radius 2 is 2.23 bits per heavy atom. The summed E-state index contributed by atoms with van der Waals surface area (Å²) in [5.74, 6) is 1.56. The van der Waals surface area contributed by atoms with Gasteiger partial charge < -0.3 is 0 Å². The zero-order chi connectivity index (χ0) is 7.97. The number of hydrogen-bond donors (Lipinski definition) is 0. The van der Waals surface area contributed by atoms with Crippen LogP contribution in [0.1, 0.15) is 0 Å². The summed E-state index contributed by atoms with van der Waals surface area (Å²) in [5.41, 5.74) is 0.998. The van der Waals surface area contributed by atoms with Crippen LogP contribution in [-0.4, -0.2) is 14.5 Å². The summed E-state index contributed by atoms with van der Waals surface area (Å²) in [4.78, 5) is 8.21. The molecule has 0 aliphatic carbocycles. The van der Waals surface area contributed by atoms with Crippen molar-refractivity contribution >= 4 is 18.2 Å². The first-order valence-electron chi connectivity index (χ1n) is 3.63. The van der Waals surface area contributed by atoms with Crippen LogP contribution in [-0.2, 0) is 6.67 Å². The standard InChI is InChI=1S/C7H5N5.ClH/c1-2-8-7-5(1)12-4-10-11-6(12)3-9-7;/h1-3H,4H2;1H. The molecule has 13 heavy (non-hydrogen) atoms. The number of rotatable bonds is 0. The monoisotopic (exact) mass is 195 g/mol. The van der Waals surface area contributed by atoms with Gasteiger partial charge in [-0.25, -0.2) is 9.97 Å². The minimum atomic E-state index is 0. The molecule has 0 saturated carbocycles. The Balaban J connectivity index is 0.000000653. The molecule has 3 rings (SSSR count). The van der Waals surface area contributed by atoms with Gasteiger partial charge in [-0.1, -0.05) is 0 Å². The van der Waals surface area contributed by atoms with Gasteiger partial charge in [0, 0.05) is 6.20 Å². The highest BCUT2D eigenvalue weighted by molar-refractivity contribution is 5.85. The van der Waals surface area contributed by atoms with E-state index in [0.717, 1.165) is 17.3 Å². The predicted molar refractivity (Wildman–Crippen MR) is 48.4 cm³/mol. The van der Waals surface area contributed by atoms with Crippen molar-refractivity contribution in [3.8, 4) is 11.5 Å². The lowest BCUT2D eigenvalue weighted by molar-refractivity contribution is 0.773. The lowest BCUT2D eigenvalue weighted by Gasteiger charge is -2.04. The first-order chi connectivity index (χ1) is 5.95. The first kappa shape index (κ1) is 8.12. The van der Waals surface area contributed by atoms with Crippen LogP contribution < -0.4 is 0 Å². The predicted octanol–water partition coefficient (Wildman–Crippen LogP) is 1.86. The highest BCUT2D eigenvalue weighted by Gasteiger charge is 2.15. The van der Waals surface area contributed by atoms with Crippen molar-refractivity contribution in [1.82, 2.24) is 14.5 Å². The van der Waals surface area contributed by atoms with Crippen molar-refractivity contribution in [2.24, 2.45) is 10.2 Å². The van der Waals surface area contributed by atoms with E-state index in [9.17, 15) is 0 Å². The van der Waals surface area contributed by atoms with Crippen molar-refractivity contribution in [3.63, 3.8) is 0 Å². The fourth-order valence-electron chi connectivity index (χ4n) is 1.34. The maximum absolute atomic E-state index is 4.13. The number of azo groups is 1. The molecule has 0 aromatic carbocycles. The minimum Gasteiger partial charge on any atom is -0.298 e. The van der Waals surface area contributed by atoms with Gasteiger partial charge in [0.05, 0.1) is 11.9 Å². The highest BCUT2D eigenvalue weighted by atomic mass is 35.5. The Kier molecular flexibility index (Phi) is 1.73. The van der Waals surface area contributed by atoms with Gasteiger partial charge in [-0.3, -0.25) is 4.57 Å². The zero-order valence-electron chi connectivity index (χ0n) is 6.58. The molecular weight excluding hydrogens is 190 g/mol. The number of fused-ring (bicyclic) bond motifs is 3. The van der Waals surface area contributed by atoms with Crippen molar-refractivity contribution < 1.29 is 0 Å². The third-order valence-corrected chi connectivity index (χ3v) is 1.91. The molecule has 6 heteroatoms. The van der Waals surface area contributed by atoms with Crippen LogP contribution in [0.2, 0.25) is 0 Å². The van der Waals surface area contributed by atoms with Crippen LogP contribution in [0.3, 0.4) is 0 Å². The van der Waals surface area contributed by atoms with Crippen molar-refractivity contribution in [1.29, 1.82) is 0 Å². The summed E-state index contributed by atoms with van der Waals surface area (Å²) in [6.45, 7) is 0.583. The van der Waals surface area contributed by atoms with Gasteiger partial charge in [-0.2, -0.15) is 5.11 Å². The van der Waals surface area contributed by atoms with E-state index in [1.165, 1.54) is 0 Å². The second-order valence-electron chi connectivity index (χ2n) is 2.58. The van der Waals surface area contributed by atoms with Gasteiger partial charge in [-0.05, 0) is 6.07 Å². The summed E-state index contributed by atoms with van der Waals surface area (Å²) in [5, 5.41) is 7.83. The van der Waals surface area contributed by atoms with Crippen LogP contribution in [0.25, 0.3) is 11.5 Å². The smallest absolute Gasteiger partial charge is 0.176 e. The summed E-state index contributed by atoms with van der Waals surface area (Å²) in [6, 6.07) is 1.92. The molecule has 0 N–H and O–H groups in total. The third kappa shape index (κ3) is 1.01. The summed E-state index contributed by atoms with van der Waals surface area (Å²) < 4.78 is 1.98. The molecule has 3 aliphatic rings. The molecule has 5 nitrogen and oxygen atoms in total. The summed E-state index contributed by atoms with van der Waals surface area (Å²) in [6.07, 6.45) is 3.43. The van der Waals surface area contributed by atoms with Crippen molar-refractivity contribution in [2.75, 3.05) is 0 Å². The van der Waals surface area contributed by atoms with Crippen LogP contribution in [0, 0.1) is 0 Å². The third-order valence-electron chi connectivity index (χ3n) is 1.91. The van der Waals surface area contributed by atoms with Crippen LogP contribution >= 0.6 is 12.4 Å². The lowest BCUT2D eigenvalue weighted by atomic mass is 10.4. The molecular formula is C7H6ClN5. The maximum atomic E-state index is 4.13. The van der Waals surface area contributed by atoms with E-state index in [1.54, 1.807) is 12.4 Å². The fourth-order valence-corrected chi connectivity index (χ4v) is 1.34. The molecule has 0 saturated heterocycles. The van der Waals surface area contributed by atoms with E-state index in [2.05, 4.69) is 20.2 Å². The second-order valence-corrected chi connectivity index (χ2v) is 2.58. The van der Waals surface area contributed by atoms with Gasteiger partial charge in [0.25, 0.3) is 0 Å². The van der Waals surface area contributed by atoms with Crippen LogP contribution in [0.5, 0.6) is 0 Å². The van der Waals surface area contributed by atoms with Gasteiger partial charge in [-0.15, -0.1) is 17.5 Å². The molecule has 3 aliphatic heterocycles. The van der Waals surface area contributed by atoms with Gasteiger partial charge in [0.15, 0.2) is 11.6 Å². The van der Waals surface area contributed by atoms with Gasteiger partial charge in [0.2, 0.25) is 0 Å². The molecule has 0 amide bonds. The quantitative estimate of drug-likeness (QED) is 0.644. The Morgan fingerprint density at radius 1 is 1.31 bits per heavy atom. The second kappa shape index (κ2) is 2.77. The molecule has 0 atom stereocenters. The average molecular weight is 196 g/mol. The molecule has 0 fully saturated rings. The molecule has 0 bridgehead atoms. The topological polar surface area (TPSA) is 55.4 Å². The molecule has 3 heterocycles. The van der Waals surface area contributed by atoms with Crippen molar-refractivity contribution in [2.45, 2.75) is 6.67 Å². The largest absolute Gasteiger partial charge is 0.298 e. The maximum Gasteiger partial charge on any atom is 0.176 e. The zero-order valence-corrected chi connectivity index (χ0v) is 7.40. The molecule has 66 valence electrons. The Morgan fingerprint density at radius 3 is 3.15 bits per heavy atom. The average Bonchev–Trinajstić information content (AvgIpc) is 2.71. The van der Waals surface area contributed by atoms with E-state index in [4.69, 9.17) is 0 Å². The SMILES string of the molecule is Cl.c1cc2n3c(cnc-2n1)N=NC3. The summed E-state index contributed by atoms with van der Waals surface area (Å²) >= 11 is 0. The molecule has 0 spiro atoms. The summed E-state index contributed by atoms with van der Waals surface area (Å²) in [7, 11) is 0. The lowest BCUT2D eigenvalue weighted by Crippen LogP contribution is -1.99. The highest BCUT2D eigenvalue weighted by Crippen LogP contribution is 2.27.